The fraction of sp³-hybridized carbons (Fsp3) is 0.429. The van der Waals surface area contributed by atoms with Crippen molar-refractivity contribution in [3.05, 3.63) is 39.2 Å². The molecule has 0 saturated carbocycles. The lowest BCUT2D eigenvalue weighted by Gasteiger charge is -2.20. The Morgan fingerprint density at radius 2 is 2.09 bits per heavy atom. The van der Waals surface area contributed by atoms with Crippen molar-refractivity contribution in [3.63, 3.8) is 0 Å². The molecule has 0 radical (unpaired) electrons. The van der Waals surface area contributed by atoms with Crippen LogP contribution in [0.15, 0.2) is 12.1 Å². The van der Waals surface area contributed by atoms with Crippen molar-refractivity contribution in [1.29, 1.82) is 0 Å². The summed E-state index contributed by atoms with van der Waals surface area (Å²) in [7, 11) is 0. The SMILES string of the molecule is Cc1cc(F)cc(C(=O)N2CCC(C)(C(=O)O)C2)c1[N+](=O)[O-]. The largest absolute Gasteiger partial charge is 0.481 e. The summed E-state index contributed by atoms with van der Waals surface area (Å²) in [5.41, 5.74) is -1.84. The Balaban J connectivity index is 2.39. The summed E-state index contributed by atoms with van der Waals surface area (Å²) in [6.45, 7) is 2.96. The van der Waals surface area contributed by atoms with E-state index in [0.29, 0.717) is 0 Å². The fourth-order valence-electron chi connectivity index (χ4n) is 2.62. The summed E-state index contributed by atoms with van der Waals surface area (Å²) >= 11 is 0. The molecule has 0 bridgehead atoms. The van der Waals surface area contributed by atoms with E-state index >= 15 is 0 Å². The Kier molecular flexibility index (Phi) is 3.87. The van der Waals surface area contributed by atoms with Crippen LogP contribution in [-0.4, -0.2) is 39.9 Å². The molecule has 7 nitrogen and oxygen atoms in total. The van der Waals surface area contributed by atoms with Crippen molar-refractivity contribution in [2.45, 2.75) is 20.3 Å². The molecule has 1 aromatic carbocycles. The minimum absolute atomic E-state index is 0.0496. The first kappa shape index (κ1) is 15.9. The second-order valence-corrected chi connectivity index (χ2v) is 5.72. The van der Waals surface area contributed by atoms with Crippen molar-refractivity contribution in [2.24, 2.45) is 5.41 Å². The third kappa shape index (κ3) is 2.63. The Morgan fingerprint density at radius 3 is 2.59 bits per heavy atom. The van der Waals surface area contributed by atoms with Gasteiger partial charge in [0.1, 0.15) is 11.4 Å². The highest BCUT2D eigenvalue weighted by Crippen LogP contribution is 2.33. The van der Waals surface area contributed by atoms with Crippen molar-refractivity contribution in [1.82, 2.24) is 4.90 Å². The molecule has 1 aliphatic rings. The molecular formula is C14H15FN2O5. The Labute approximate surface area is 125 Å². The molecule has 0 spiro atoms. The quantitative estimate of drug-likeness (QED) is 0.679. The van der Waals surface area contributed by atoms with Crippen LogP contribution >= 0.6 is 0 Å². The van der Waals surface area contributed by atoms with E-state index in [1.807, 2.05) is 0 Å². The smallest absolute Gasteiger partial charge is 0.311 e. The number of carboxylic acid groups (broad SMARTS) is 1. The number of halogens is 1. The van der Waals surface area contributed by atoms with Gasteiger partial charge in [-0.15, -0.1) is 0 Å². The summed E-state index contributed by atoms with van der Waals surface area (Å²) in [5.74, 6) is -2.50. The molecule has 118 valence electrons. The van der Waals surface area contributed by atoms with Crippen LogP contribution in [-0.2, 0) is 4.79 Å². The number of aryl methyl sites for hydroxylation is 1. The van der Waals surface area contributed by atoms with E-state index in [-0.39, 0.29) is 30.6 Å². The van der Waals surface area contributed by atoms with Crippen LogP contribution in [0.3, 0.4) is 0 Å². The maximum Gasteiger partial charge on any atom is 0.311 e. The van der Waals surface area contributed by atoms with Gasteiger partial charge in [-0.25, -0.2) is 4.39 Å². The average molecular weight is 310 g/mol. The number of carbonyl (C=O) groups is 2. The van der Waals surface area contributed by atoms with E-state index in [2.05, 4.69) is 0 Å². The predicted molar refractivity (Wildman–Crippen MR) is 74.1 cm³/mol. The first-order valence-corrected chi connectivity index (χ1v) is 6.63. The molecule has 2 rings (SSSR count). The molecule has 1 atom stereocenters. The number of aliphatic carboxylic acids is 1. The molecular weight excluding hydrogens is 295 g/mol. The summed E-state index contributed by atoms with van der Waals surface area (Å²) in [5, 5.41) is 20.3. The standard InChI is InChI=1S/C14H15FN2O5/c1-8-5-9(15)6-10(11(8)17(21)22)12(18)16-4-3-14(2,7-16)13(19)20/h5-6H,3-4,7H2,1-2H3,(H,19,20). The van der Waals surface area contributed by atoms with Gasteiger partial charge in [-0.3, -0.25) is 19.7 Å². The minimum Gasteiger partial charge on any atom is -0.481 e. The number of benzene rings is 1. The Hall–Kier alpha value is -2.51. The van der Waals surface area contributed by atoms with Gasteiger partial charge in [0.2, 0.25) is 0 Å². The average Bonchev–Trinajstić information content (AvgIpc) is 2.80. The van der Waals surface area contributed by atoms with Crippen LogP contribution in [0.25, 0.3) is 0 Å². The first-order valence-electron chi connectivity index (χ1n) is 6.63. The minimum atomic E-state index is -1.09. The van der Waals surface area contributed by atoms with E-state index in [9.17, 15) is 24.1 Å². The van der Waals surface area contributed by atoms with Gasteiger partial charge in [-0.05, 0) is 32.4 Å². The van der Waals surface area contributed by atoms with E-state index in [4.69, 9.17) is 5.11 Å². The summed E-state index contributed by atoms with van der Waals surface area (Å²) in [6.07, 6.45) is 0.246. The van der Waals surface area contributed by atoms with Crippen LogP contribution in [0.2, 0.25) is 0 Å². The number of hydrogen-bond donors (Lipinski definition) is 1. The normalized spacial score (nSPS) is 21.0. The van der Waals surface area contributed by atoms with Crippen molar-refractivity contribution in [2.75, 3.05) is 13.1 Å². The third-order valence-electron chi connectivity index (χ3n) is 3.96. The van der Waals surface area contributed by atoms with Gasteiger partial charge in [-0.1, -0.05) is 0 Å². The highest BCUT2D eigenvalue weighted by atomic mass is 19.1. The molecule has 0 aliphatic carbocycles. The van der Waals surface area contributed by atoms with Crippen molar-refractivity contribution < 1.29 is 24.0 Å². The zero-order chi connectivity index (χ0) is 16.7. The molecule has 1 unspecified atom stereocenters. The molecule has 1 saturated heterocycles. The monoisotopic (exact) mass is 310 g/mol. The molecule has 1 fully saturated rings. The number of carbonyl (C=O) groups excluding carboxylic acids is 1. The van der Waals surface area contributed by atoms with Gasteiger partial charge in [0.25, 0.3) is 11.6 Å². The van der Waals surface area contributed by atoms with Gasteiger partial charge in [0.15, 0.2) is 0 Å². The number of rotatable bonds is 3. The topological polar surface area (TPSA) is 101 Å². The van der Waals surface area contributed by atoms with Crippen LogP contribution in [0.1, 0.15) is 29.3 Å². The lowest BCUT2D eigenvalue weighted by Crippen LogP contribution is -2.35. The van der Waals surface area contributed by atoms with Crippen LogP contribution in [0.4, 0.5) is 10.1 Å². The summed E-state index contributed by atoms with van der Waals surface area (Å²) in [4.78, 5) is 35.3. The number of amides is 1. The number of nitro benzene ring substituents is 1. The second kappa shape index (κ2) is 5.36. The van der Waals surface area contributed by atoms with Gasteiger partial charge < -0.3 is 10.0 Å². The third-order valence-corrected chi connectivity index (χ3v) is 3.96. The van der Waals surface area contributed by atoms with E-state index in [0.717, 1.165) is 12.1 Å². The molecule has 22 heavy (non-hydrogen) atoms. The summed E-state index contributed by atoms with van der Waals surface area (Å²) in [6, 6.07) is 1.81. The highest BCUT2D eigenvalue weighted by Gasteiger charge is 2.43. The number of nitrogens with zero attached hydrogens (tertiary/aromatic N) is 2. The number of likely N-dealkylation sites (tertiary alicyclic amines) is 1. The van der Waals surface area contributed by atoms with Crippen LogP contribution in [0, 0.1) is 28.3 Å². The fourth-order valence-corrected chi connectivity index (χ4v) is 2.62. The molecule has 1 aliphatic heterocycles. The van der Waals surface area contributed by atoms with Gasteiger partial charge >= 0.3 is 5.97 Å². The predicted octanol–water partition coefficient (Wildman–Crippen LogP) is 1.98. The van der Waals surface area contributed by atoms with Gasteiger partial charge in [0, 0.05) is 18.7 Å². The van der Waals surface area contributed by atoms with Gasteiger partial charge in [0.05, 0.1) is 10.3 Å². The van der Waals surface area contributed by atoms with E-state index in [1.165, 1.54) is 18.7 Å². The molecule has 1 N–H and O–H groups in total. The number of nitro groups is 1. The van der Waals surface area contributed by atoms with E-state index < -0.39 is 33.7 Å². The Morgan fingerprint density at radius 1 is 1.45 bits per heavy atom. The van der Waals surface area contributed by atoms with Crippen molar-refractivity contribution in [3.8, 4) is 0 Å². The number of carboxylic acids is 1. The summed E-state index contributed by atoms with van der Waals surface area (Å²) < 4.78 is 13.5. The maximum atomic E-state index is 13.5. The van der Waals surface area contributed by atoms with Crippen molar-refractivity contribution >= 4 is 17.6 Å². The van der Waals surface area contributed by atoms with E-state index in [1.54, 1.807) is 0 Å². The molecule has 1 aromatic rings. The van der Waals surface area contributed by atoms with Crippen LogP contribution < -0.4 is 0 Å². The molecule has 0 aromatic heterocycles. The molecule has 8 heteroatoms. The Bertz CT molecular complexity index is 675. The molecule has 1 heterocycles. The molecule has 1 amide bonds. The highest BCUT2D eigenvalue weighted by molar-refractivity contribution is 5.99. The zero-order valence-electron chi connectivity index (χ0n) is 12.1. The lowest BCUT2D eigenvalue weighted by molar-refractivity contribution is -0.385. The number of hydrogen-bond acceptors (Lipinski definition) is 4. The van der Waals surface area contributed by atoms with Gasteiger partial charge in [-0.2, -0.15) is 0 Å². The second-order valence-electron chi connectivity index (χ2n) is 5.72. The first-order chi connectivity index (χ1) is 10.2. The zero-order valence-corrected chi connectivity index (χ0v) is 12.1. The maximum absolute atomic E-state index is 13.5. The lowest BCUT2D eigenvalue weighted by atomic mass is 9.90. The van der Waals surface area contributed by atoms with Crippen LogP contribution in [0.5, 0.6) is 0 Å².